The molecule has 340 valence electrons. The average Bonchev–Trinajstić information content (AvgIpc) is 3.21. The molecule has 0 rings (SSSR count). The van der Waals surface area contributed by atoms with Crippen LogP contribution in [0.3, 0.4) is 0 Å². The maximum atomic E-state index is 13.7. The van der Waals surface area contributed by atoms with E-state index in [0.717, 1.165) is 22.6 Å². The van der Waals surface area contributed by atoms with Gasteiger partial charge in [0.1, 0.15) is 13.1 Å². The van der Waals surface area contributed by atoms with Gasteiger partial charge in [-0.15, -0.1) is 0 Å². The highest BCUT2D eigenvalue weighted by Gasteiger charge is 2.38. The highest BCUT2D eigenvalue weighted by Crippen LogP contribution is 2.19. The minimum absolute atomic E-state index is 0.0432. The predicted octanol–water partition coefficient (Wildman–Crippen LogP) is -0.495. The Labute approximate surface area is 352 Å². The molecule has 0 aromatic carbocycles. The van der Waals surface area contributed by atoms with Crippen LogP contribution in [0.15, 0.2) is 12.2 Å². The number of unbranched alkanes of at least 4 members (excludes halogenated alkanes) is 1. The highest BCUT2D eigenvalue weighted by molar-refractivity contribution is 5.97. The molecular weight excluding hydrogens is 784 g/mol. The van der Waals surface area contributed by atoms with Crippen molar-refractivity contribution in [1.29, 1.82) is 0 Å². The summed E-state index contributed by atoms with van der Waals surface area (Å²) in [7, 11) is 0. The number of nitrogens with one attached hydrogen (secondary N) is 6. The molecule has 0 spiro atoms. The van der Waals surface area contributed by atoms with Crippen molar-refractivity contribution in [2.24, 2.45) is 5.92 Å². The van der Waals surface area contributed by atoms with Crippen LogP contribution in [0.25, 0.3) is 0 Å². The Kier molecular flexibility index (Phi) is 26.5. The molecule has 0 aliphatic heterocycles. The standard InChI is InChI=1S/C40H68N8O12/c1-8-13-16-39(7,45-20-33(53)42-19-32(52)41-18-15-28(6)10-3)29(49)24-47(26-37(57)58)36(56)23-44-34(54)21-46-40(12-5,17-14-9-2)30(50)25-48(27-38(59)60)35(55)22-43-31(51)11-4/h9,14,28,45-46H,8,10-13,15-27H2,1-7H3,(H,41,52)(H,42,53)(H,43,51)(H,44,54)(H,57,58)(H,59,60)/b14-9-. The van der Waals surface area contributed by atoms with E-state index in [9.17, 15) is 58.2 Å². The van der Waals surface area contributed by atoms with Gasteiger partial charge in [-0.1, -0.05) is 66.0 Å². The second kappa shape index (κ2) is 29.1. The largest absolute Gasteiger partial charge is 0.480 e. The first-order chi connectivity index (χ1) is 28.2. The third-order valence-corrected chi connectivity index (χ3v) is 10.0. The predicted molar refractivity (Wildman–Crippen MR) is 221 cm³/mol. The van der Waals surface area contributed by atoms with E-state index in [1.54, 1.807) is 32.9 Å². The highest BCUT2D eigenvalue weighted by atomic mass is 16.4. The lowest BCUT2D eigenvalue weighted by atomic mass is 9.86. The van der Waals surface area contributed by atoms with Crippen LogP contribution in [0.1, 0.15) is 99.8 Å². The number of hydrogen-bond donors (Lipinski definition) is 8. The fourth-order valence-electron chi connectivity index (χ4n) is 5.64. The van der Waals surface area contributed by atoms with Crippen molar-refractivity contribution < 1.29 is 58.2 Å². The number of aliphatic carboxylic acids is 2. The summed E-state index contributed by atoms with van der Waals surface area (Å²) in [6, 6.07) is 0. The summed E-state index contributed by atoms with van der Waals surface area (Å²) in [5, 5.41) is 34.7. The molecule has 0 saturated carbocycles. The Balaban J connectivity index is 5.75. The number of carbonyl (C=O) groups excluding carboxylic acids is 8. The third-order valence-electron chi connectivity index (χ3n) is 10.0. The Morgan fingerprint density at radius 2 is 1.15 bits per heavy atom. The lowest BCUT2D eigenvalue weighted by molar-refractivity contribution is -0.146. The molecule has 0 bridgehead atoms. The van der Waals surface area contributed by atoms with E-state index in [0.29, 0.717) is 25.3 Å². The van der Waals surface area contributed by atoms with Crippen LogP contribution < -0.4 is 31.9 Å². The van der Waals surface area contributed by atoms with Crippen LogP contribution >= 0.6 is 0 Å². The molecule has 0 fully saturated rings. The molecule has 3 atom stereocenters. The normalized spacial score (nSPS) is 13.5. The molecule has 60 heavy (non-hydrogen) atoms. The molecule has 0 aliphatic rings. The molecule has 0 heterocycles. The van der Waals surface area contributed by atoms with Gasteiger partial charge in [-0.25, -0.2) is 0 Å². The maximum Gasteiger partial charge on any atom is 0.323 e. The Hall–Kier alpha value is -5.24. The Morgan fingerprint density at radius 1 is 0.650 bits per heavy atom. The van der Waals surface area contributed by atoms with E-state index < -0.39 is 110 Å². The van der Waals surface area contributed by atoms with Gasteiger partial charge < -0.3 is 41.3 Å². The van der Waals surface area contributed by atoms with Gasteiger partial charge in [-0.2, -0.15) is 0 Å². The second-order valence-corrected chi connectivity index (χ2v) is 14.8. The smallest absolute Gasteiger partial charge is 0.323 e. The minimum Gasteiger partial charge on any atom is -0.480 e. The number of Topliss-reactive ketones (excluding diaryl/α,β-unsaturated/α-hetero) is 2. The molecule has 0 aromatic rings. The lowest BCUT2D eigenvalue weighted by Gasteiger charge is -2.34. The molecule has 20 nitrogen and oxygen atoms in total. The Bertz CT molecular complexity index is 1520. The first-order valence-corrected chi connectivity index (χ1v) is 20.5. The van der Waals surface area contributed by atoms with Crippen molar-refractivity contribution >= 4 is 58.9 Å². The maximum absolute atomic E-state index is 13.7. The summed E-state index contributed by atoms with van der Waals surface area (Å²) in [6.07, 6.45) is 6.77. The third kappa shape index (κ3) is 21.7. The first kappa shape index (κ1) is 54.8. The number of hydrogen-bond acceptors (Lipinski definition) is 12. The van der Waals surface area contributed by atoms with Gasteiger partial charge in [0.15, 0.2) is 11.6 Å². The zero-order valence-corrected chi connectivity index (χ0v) is 36.3. The Morgan fingerprint density at radius 3 is 1.63 bits per heavy atom. The topological polar surface area (TPSA) is 290 Å². The van der Waals surface area contributed by atoms with E-state index in [-0.39, 0.29) is 44.7 Å². The van der Waals surface area contributed by atoms with Crippen LogP contribution in [0.2, 0.25) is 0 Å². The molecule has 0 saturated heterocycles. The van der Waals surface area contributed by atoms with Crippen LogP contribution in [-0.4, -0.2) is 155 Å². The van der Waals surface area contributed by atoms with Crippen LogP contribution in [0.4, 0.5) is 0 Å². The summed E-state index contributed by atoms with van der Waals surface area (Å²) in [6.45, 7) is 7.53. The number of allylic oxidation sites excluding steroid dienone is 1. The molecule has 20 heteroatoms. The minimum atomic E-state index is -1.47. The van der Waals surface area contributed by atoms with Crippen molar-refractivity contribution in [3.8, 4) is 0 Å². The van der Waals surface area contributed by atoms with Gasteiger partial charge >= 0.3 is 11.9 Å². The quantitative estimate of drug-likeness (QED) is 0.0387. The molecular formula is C40H68N8O12. The summed E-state index contributed by atoms with van der Waals surface area (Å²) in [5.41, 5.74) is -2.83. The molecule has 0 radical (unpaired) electrons. The molecule has 8 N–H and O–H groups in total. The van der Waals surface area contributed by atoms with Crippen molar-refractivity contribution in [2.75, 3.05) is 65.4 Å². The fourth-order valence-corrected chi connectivity index (χ4v) is 5.64. The van der Waals surface area contributed by atoms with Crippen molar-refractivity contribution in [3.05, 3.63) is 12.2 Å². The van der Waals surface area contributed by atoms with Crippen LogP contribution in [0.5, 0.6) is 0 Å². The molecule has 0 aliphatic carbocycles. The second-order valence-electron chi connectivity index (χ2n) is 14.8. The number of carboxylic acid groups (broad SMARTS) is 2. The summed E-state index contributed by atoms with van der Waals surface area (Å²) < 4.78 is 0. The zero-order valence-electron chi connectivity index (χ0n) is 36.3. The van der Waals surface area contributed by atoms with Crippen molar-refractivity contribution in [1.82, 2.24) is 41.7 Å². The van der Waals surface area contributed by atoms with Gasteiger partial charge in [0.25, 0.3) is 0 Å². The number of carbonyl (C=O) groups is 10. The van der Waals surface area contributed by atoms with Crippen molar-refractivity contribution in [3.63, 3.8) is 0 Å². The van der Waals surface area contributed by atoms with Crippen molar-refractivity contribution in [2.45, 2.75) is 111 Å². The number of nitrogens with zero attached hydrogens (tertiary/aromatic N) is 2. The molecule has 6 amide bonds. The number of rotatable bonds is 33. The van der Waals surface area contributed by atoms with E-state index in [1.807, 2.05) is 6.92 Å². The van der Waals surface area contributed by atoms with E-state index >= 15 is 0 Å². The first-order valence-electron chi connectivity index (χ1n) is 20.5. The number of ketones is 2. The van der Waals surface area contributed by atoms with Crippen LogP contribution in [-0.2, 0) is 47.9 Å². The van der Waals surface area contributed by atoms with E-state index in [4.69, 9.17) is 0 Å². The summed E-state index contributed by atoms with van der Waals surface area (Å²) in [4.78, 5) is 128. The summed E-state index contributed by atoms with van der Waals surface area (Å²) in [5.74, 6) is -7.44. The fraction of sp³-hybridized carbons (Fsp3) is 0.700. The zero-order chi connectivity index (χ0) is 45.9. The summed E-state index contributed by atoms with van der Waals surface area (Å²) >= 11 is 0. The van der Waals surface area contributed by atoms with Gasteiger partial charge in [0, 0.05) is 13.0 Å². The number of carboxylic acids is 2. The molecule has 3 unspecified atom stereocenters. The molecule has 0 aromatic heterocycles. The van der Waals surface area contributed by atoms with Crippen LogP contribution in [0, 0.1) is 5.92 Å². The van der Waals surface area contributed by atoms with Gasteiger partial charge in [-0.05, 0) is 45.4 Å². The van der Waals surface area contributed by atoms with Gasteiger partial charge in [0.05, 0.1) is 56.9 Å². The van der Waals surface area contributed by atoms with Gasteiger partial charge in [0.2, 0.25) is 35.4 Å². The lowest BCUT2D eigenvalue weighted by Crippen LogP contribution is -2.58. The van der Waals surface area contributed by atoms with E-state index in [2.05, 4.69) is 45.7 Å². The SMILES string of the molecule is C/C=C\CC(CC)(NCC(=O)NCC(=O)N(CC(=O)O)CC(=O)C(C)(CCCC)NCC(=O)NCC(=O)NCCC(C)CC)C(=O)CN(CC(=O)O)C(=O)CNC(=O)CC. The monoisotopic (exact) mass is 852 g/mol. The van der Waals surface area contributed by atoms with Gasteiger partial charge in [-0.3, -0.25) is 58.6 Å². The average molecular weight is 853 g/mol. The number of amides is 6. The van der Waals surface area contributed by atoms with E-state index in [1.165, 1.54) is 6.92 Å².